The van der Waals surface area contributed by atoms with E-state index in [1.165, 1.54) is 109 Å². The van der Waals surface area contributed by atoms with E-state index in [2.05, 4.69) is 86.5 Å². The van der Waals surface area contributed by atoms with E-state index in [1.807, 2.05) is 0 Å². The Morgan fingerprint density at radius 1 is 0.638 bits per heavy atom. The minimum Gasteiger partial charge on any atom is -0.478 e. The molecule has 0 bridgehead atoms. The van der Waals surface area contributed by atoms with Crippen LogP contribution in [0.2, 0.25) is 36.3 Å². The molecule has 0 aliphatic carbocycles. The number of benzene rings is 1. The van der Waals surface area contributed by atoms with Gasteiger partial charge in [0, 0.05) is 25.6 Å². The number of rotatable bonds is 33. The zero-order valence-electron chi connectivity index (χ0n) is 39.8. The number of carboxylic acids is 1. The average molecular weight is 846 g/mol. The molecule has 1 aromatic rings. The Labute approximate surface area is 360 Å². The predicted molar refractivity (Wildman–Crippen MR) is 253 cm³/mol. The molecule has 58 heavy (non-hydrogen) atoms. The van der Waals surface area contributed by atoms with Crippen molar-refractivity contribution in [1.82, 2.24) is 4.90 Å². The standard InChI is InChI=1S/C49H91NO6Si2/c1-13-15-17-19-21-23-25-27-30-44(55-57(9,10)48(3,4)5)40-50(39-29-32-47(53)54-43-36-33-42(34-37-43)35-38-46(51)52)41-45(56-58(11,12)49(6,7)8)31-28-26-24-22-20-18-16-14-2/h33-38,44-45H,13-32,39-41H2,1-12H3,(H,51,52)/b38-35+. The number of carbonyl (C=O) groups excluding carboxylic acids is 1. The number of nitrogens with zero attached hydrogens (tertiary/aromatic N) is 1. The number of carbonyl (C=O) groups is 2. The summed E-state index contributed by atoms with van der Waals surface area (Å²) in [4.78, 5) is 26.6. The first kappa shape index (κ1) is 54.2. The molecule has 336 valence electrons. The molecule has 7 nitrogen and oxygen atoms in total. The molecule has 0 saturated heterocycles. The van der Waals surface area contributed by atoms with E-state index < -0.39 is 22.6 Å². The van der Waals surface area contributed by atoms with Gasteiger partial charge in [0.2, 0.25) is 0 Å². The molecule has 1 aromatic carbocycles. The predicted octanol–water partition coefficient (Wildman–Crippen LogP) is 14.6. The fourth-order valence-electron chi connectivity index (χ4n) is 6.85. The van der Waals surface area contributed by atoms with Gasteiger partial charge in [-0.3, -0.25) is 9.69 Å². The second kappa shape index (κ2) is 28.7. The Morgan fingerprint density at radius 2 is 1.03 bits per heavy atom. The Bertz CT molecular complexity index is 1210. The van der Waals surface area contributed by atoms with Crippen molar-refractivity contribution in [1.29, 1.82) is 0 Å². The molecule has 0 saturated carbocycles. The average Bonchev–Trinajstić information content (AvgIpc) is 3.12. The minimum atomic E-state index is -2.04. The topological polar surface area (TPSA) is 85.3 Å². The highest BCUT2D eigenvalue weighted by molar-refractivity contribution is 6.74. The van der Waals surface area contributed by atoms with Crippen LogP contribution in [0.1, 0.15) is 189 Å². The van der Waals surface area contributed by atoms with Crippen LogP contribution in [0.4, 0.5) is 0 Å². The summed E-state index contributed by atoms with van der Waals surface area (Å²) < 4.78 is 20.3. The molecule has 9 heteroatoms. The van der Waals surface area contributed by atoms with Gasteiger partial charge in [0.05, 0.1) is 12.2 Å². The number of unbranched alkanes of at least 4 members (excludes halogenated alkanes) is 14. The second-order valence-electron chi connectivity index (χ2n) is 20.1. The van der Waals surface area contributed by atoms with Gasteiger partial charge in [-0.05, 0) is 85.8 Å². The monoisotopic (exact) mass is 846 g/mol. The van der Waals surface area contributed by atoms with Crippen LogP contribution in [0.25, 0.3) is 6.08 Å². The summed E-state index contributed by atoms with van der Waals surface area (Å²) in [5.74, 6) is -0.785. The first-order valence-corrected chi connectivity index (χ1v) is 29.3. The fraction of sp³-hybridized carbons (Fsp3) is 0.796. The maximum Gasteiger partial charge on any atom is 0.328 e. The summed E-state index contributed by atoms with van der Waals surface area (Å²) in [6.45, 7) is 30.6. The van der Waals surface area contributed by atoms with Crippen molar-refractivity contribution in [3.8, 4) is 5.75 Å². The van der Waals surface area contributed by atoms with Crippen LogP contribution >= 0.6 is 0 Å². The smallest absolute Gasteiger partial charge is 0.328 e. The summed E-state index contributed by atoms with van der Waals surface area (Å²) in [5, 5.41) is 9.17. The number of hydrogen-bond donors (Lipinski definition) is 1. The molecule has 0 heterocycles. The van der Waals surface area contributed by atoms with Gasteiger partial charge in [-0.25, -0.2) is 4.79 Å². The van der Waals surface area contributed by atoms with E-state index in [9.17, 15) is 9.59 Å². The van der Waals surface area contributed by atoms with Gasteiger partial charge in [-0.1, -0.05) is 170 Å². The first-order valence-electron chi connectivity index (χ1n) is 23.5. The summed E-state index contributed by atoms with van der Waals surface area (Å²) in [6.07, 6.45) is 26.8. The normalized spacial score (nSPS) is 14.0. The Morgan fingerprint density at radius 3 is 1.41 bits per heavy atom. The summed E-state index contributed by atoms with van der Waals surface area (Å²) >= 11 is 0. The highest BCUT2D eigenvalue weighted by atomic mass is 28.4. The minimum absolute atomic E-state index is 0.119. The SMILES string of the molecule is CCCCCCCCCCC(CN(CCCC(=O)Oc1ccc(/C=C/C(=O)O)cc1)CC(CCCCCCCCCC)O[Si](C)(C)C(C)(C)C)O[Si](C)(C)C(C)(C)C. The number of esters is 1. The zero-order valence-corrected chi connectivity index (χ0v) is 41.8. The van der Waals surface area contributed by atoms with Crippen LogP contribution in [-0.2, 0) is 18.4 Å². The molecular formula is C49H91NO6Si2. The Hall–Kier alpha value is -1.79. The van der Waals surface area contributed by atoms with Crippen molar-refractivity contribution >= 4 is 34.6 Å². The molecule has 0 amide bonds. The molecule has 0 aliphatic rings. The summed E-state index contributed by atoms with van der Waals surface area (Å²) in [5.41, 5.74) is 0.737. The molecule has 0 aliphatic heterocycles. The van der Waals surface area contributed by atoms with E-state index >= 15 is 0 Å². The van der Waals surface area contributed by atoms with Gasteiger partial charge in [0.15, 0.2) is 16.6 Å². The molecule has 0 fully saturated rings. The van der Waals surface area contributed by atoms with Gasteiger partial charge >= 0.3 is 11.9 Å². The van der Waals surface area contributed by atoms with Gasteiger partial charge < -0.3 is 18.7 Å². The Kier molecular flexibility index (Phi) is 26.8. The number of ether oxygens (including phenoxy) is 1. The van der Waals surface area contributed by atoms with Crippen LogP contribution in [0.3, 0.4) is 0 Å². The van der Waals surface area contributed by atoms with Crippen LogP contribution in [0, 0.1) is 0 Å². The second-order valence-corrected chi connectivity index (χ2v) is 29.6. The molecule has 1 rings (SSSR count). The van der Waals surface area contributed by atoms with Gasteiger partial charge in [0.25, 0.3) is 0 Å². The van der Waals surface area contributed by atoms with Crippen molar-refractivity contribution in [2.24, 2.45) is 0 Å². The molecule has 1 N–H and O–H groups in total. The third-order valence-electron chi connectivity index (χ3n) is 12.6. The lowest BCUT2D eigenvalue weighted by Crippen LogP contribution is -2.50. The van der Waals surface area contributed by atoms with Crippen molar-refractivity contribution < 1.29 is 28.3 Å². The lowest BCUT2D eigenvalue weighted by molar-refractivity contribution is -0.134. The first-order chi connectivity index (χ1) is 27.2. The fourth-order valence-corrected chi connectivity index (χ4v) is 9.61. The lowest BCUT2D eigenvalue weighted by atomic mass is 10.0. The maximum atomic E-state index is 13.1. The van der Waals surface area contributed by atoms with Gasteiger partial charge in [-0.15, -0.1) is 0 Å². The van der Waals surface area contributed by atoms with Crippen molar-refractivity contribution in [2.45, 2.75) is 232 Å². The maximum absolute atomic E-state index is 13.1. The van der Waals surface area contributed by atoms with Crippen molar-refractivity contribution in [2.75, 3.05) is 19.6 Å². The number of hydrogen-bond acceptors (Lipinski definition) is 6. The summed E-state index contributed by atoms with van der Waals surface area (Å²) in [6, 6.07) is 6.95. The van der Waals surface area contributed by atoms with Gasteiger partial charge in [-0.2, -0.15) is 0 Å². The van der Waals surface area contributed by atoms with Crippen molar-refractivity contribution in [3.63, 3.8) is 0 Å². The number of carboxylic acid groups (broad SMARTS) is 1. The van der Waals surface area contributed by atoms with E-state index in [1.54, 1.807) is 24.3 Å². The zero-order chi connectivity index (χ0) is 43.7. The quantitative estimate of drug-likeness (QED) is 0.0248. The third-order valence-corrected chi connectivity index (χ3v) is 21.7. The highest BCUT2D eigenvalue weighted by Gasteiger charge is 2.41. The molecular weight excluding hydrogens is 755 g/mol. The largest absolute Gasteiger partial charge is 0.478 e. The highest BCUT2D eigenvalue weighted by Crippen LogP contribution is 2.39. The van der Waals surface area contributed by atoms with Crippen LogP contribution < -0.4 is 4.74 Å². The molecule has 2 atom stereocenters. The molecule has 0 aromatic heterocycles. The van der Waals surface area contributed by atoms with Crippen molar-refractivity contribution in [3.05, 3.63) is 35.9 Å². The number of aliphatic carboxylic acids is 1. The summed E-state index contributed by atoms with van der Waals surface area (Å²) in [7, 11) is -4.07. The molecule has 2 unspecified atom stereocenters. The molecule has 0 radical (unpaired) electrons. The van der Waals surface area contributed by atoms with Crippen LogP contribution in [0.15, 0.2) is 30.3 Å². The Balaban J connectivity index is 3.25. The third kappa shape index (κ3) is 24.5. The van der Waals surface area contributed by atoms with Crippen LogP contribution in [0.5, 0.6) is 5.75 Å². The van der Waals surface area contributed by atoms with Gasteiger partial charge in [0.1, 0.15) is 5.75 Å². The van der Waals surface area contributed by atoms with E-state index in [0.29, 0.717) is 18.6 Å². The van der Waals surface area contributed by atoms with E-state index in [-0.39, 0.29) is 28.3 Å². The molecule has 0 spiro atoms. The van der Waals surface area contributed by atoms with Crippen LogP contribution in [-0.4, -0.2) is 70.4 Å². The lowest BCUT2D eigenvalue weighted by Gasteiger charge is -2.42. The van der Waals surface area contributed by atoms with E-state index in [4.69, 9.17) is 18.7 Å². The van der Waals surface area contributed by atoms with E-state index in [0.717, 1.165) is 44.1 Å².